The normalized spacial score (nSPS) is 17.4. The topological polar surface area (TPSA) is 89.9 Å². The van der Waals surface area contributed by atoms with Crippen molar-refractivity contribution in [1.29, 1.82) is 0 Å². The number of fused-ring (bicyclic) bond motifs is 1. The van der Waals surface area contributed by atoms with E-state index in [-0.39, 0.29) is 5.56 Å². The van der Waals surface area contributed by atoms with Crippen molar-refractivity contribution in [2.24, 2.45) is 0 Å². The van der Waals surface area contributed by atoms with Crippen LogP contribution in [0, 0.1) is 13.8 Å². The summed E-state index contributed by atoms with van der Waals surface area (Å²) in [5.41, 5.74) is 1.86. The lowest BCUT2D eigenvalue weighted by atomic mass is 10.3. The molecule has 0 bridgehead atoms. The van der Waals surface area contributed by atoms with Gasteiger partial charge in [0, 0.05) is 57.4 Å². The smallest absolute Gasteiger partial charge is 0.266 e. The van der Waals surface area contributed by atoms with Crippen LogP contribution in [0.3, 0.4) is 0 Å². The molecule has 10 heteroatoms. The average Bonchev–Trinajstić information content (AvgIpc) is 3.46. The SMILES string of the molecule is Cc1cc(C)n(-c2ccc(=O)n(CCN3CCN(Cc4nnc5n4CCC5)CC3)n2)n1. The molecule has 5 heterocycles. The lowest BCUT2D eigenvalue weighted by Gasteiger charge is -2.34. The fourth-order valence-corrected chi connectivity index (χ4v) is 4.51. The Bertz CT molecular complexity index is 1120. The van der Waals surface area contributed by atoms with E-state index in [1.165, 1.54) is 6.42 Å². The summed E-state index contributed by atoms with van der Waals surface area (Å²) in [5.74, 6) is 2.91. The number of aryl methyl sites for hydroxylation is 3. The summed E-state index contributed by atoms with van der Waals surface area (Å²) in [5, 5.41) is 17.7. The molecule has 0 atom stereocenters. The molecular weight excluding hydrogens is 394 g/mol. The summed E-state index contributed by atoms with van der Waals surface area (Å²) in [7, 11) is 0. The highest BCUT2D eigenvalue weighted by Gasteiger charge is 2.22. The molecule has 0 aliphatic carbocycles. The molecule has 3 aromatic heterocycles. The number of hydrogen-bond acceptors (Lipinski definition) is 7. The van der Waals surface area contributed by atoms with Gasteiger partial charge in [0.05, 0.1) is 18.8 Å². The standard InChI is InChI=1S/C21H29N9O/c1-16-14-17(2)30(24-16)19-5-6-21(31)29(25-19)13-12-26-8-10-27(11-9-26)15-20-23-22-18-4-3-7-28(18)20/h5-6,14H,3-4,7-13,15H2,1-2H3. The summed E-state index contributed by atoms with van der Waals surface area (Å²) in [4.78, 5) is 17.2. The van der Waals surface area contributed by atoms with E-state index in [9.17, 15) is 4.79 Å². The zero-order valence-electron chi connectivity index (χ0n) is 18.2. The molecule has 0 N–H and O–H groups in total. The van der Waals surface area contributed by atoms with Crippen LogP contribution in [0.2, 0.25) is 0 Å². The van der Waals surface area contributed by atoms with Crippen molar-refractivity contribution in [3.8, 4) is 5.82 Å². The number of nitrogens with zero attached hydrogens (tertiary/aromatic N) is 9. The third-order valence-electron chi connectivity index (χ3n) is 6.22. The van der Waals surface area contributed by atoms with Crippen molar-refractivity contribution in [2.75, 3.05) is 32.7 Å². The van der Waals surface area contributed by atoms with Crippen LogP contribution in [0.5, 0.6) is 0 Å². The van der Waals surface area contributed by atoms with Gasteiger partial charge in [0.25, 0.3) is 5.56 Å². The molecule has 3 aromatic rings. The van der Waals surface area contributed by atoms with Crippen LogP contribution in [-0.2, 0) is 26.1 Å². The van der Waals surface area contributed by atoms with Gasteiger partial charge in [-0.3, -0.25) is 14.6 Å². The Morgan fingerprint density at radius 2 is 1.74 bits per heavy atom. The molecule has 10 nitrogen and oxygen atoms in total. The second-order valence-corrected chi connectivity index (χ2v) is 8.50. The van der Waals surface area contributed by atoms with Gasteiger partial charge in [-0.15, -0.1) is 15.3 Å². The van der Waals surface area contributed by atoms with Gasteiger partial charge in [0.1, 0.15) is 11.6 Å². The molecule has 164 valence electrons. The maximum absolute atomic E-state index is 12.3. The monoisotopic (exact) mass is 423 g/mol. The maximum atomic E-state index is 12.3. The second-order valence-electron chi connectivity index (χ2n) is 8.50. The molecule has 0 aromatic carbocycles. The van der Waals surface area contributed by atoms with Gasteiger partial charge >= 0.3 is 0 Å². The Balaban J connectivity index is 1.16. The maximum Gasteiger partial charge on any atom is 0.266 e. The molecular formula is C21H29N9O. The van der Waals surface area contributed by atoms with E-state index in [4.69, 9.17) is 0 Å². The van der Waals surface area contributed by atoms with Gasteiger partial charge in [-0.05, 0) is 32.4 Å². The number of aromatic nitrogens is 7. The highest BCUT2D eigenvalue weighted by molar-refractivity contribution is 5.23. The Hall–Kier alpha value is -2.85. The first-order valence-corrected chi connectivity index (χ1v) is 11.0. The van der Waals surface area contributed by atoms with E-state index in [0.717, 1.165) is 75.3 Å². The van der Waals surface area contributed by atoms with E-state index >= 15 is 0 Å². The largest absolute Gasteiger partial charge is 0.314 e. The van der Waals surface area contributed by atoms with Crippen molar-refractivity contribution < 1.29 is 0 Å². The summed E-state index contributed by atoms with van der Waals surface area (Å²) in [6.45, 7) is 11.2. The average molecular weight is 424 g/mol. The summed E-state index contributed by atoms with van der Waals surface area (Å²) >= 11 is 0. The van der Waals surface area contributed by atoms with Gasteiger partial charge in [-0.1, -0.05) is 0 Å². The van der Waals surface area contributed by atoms with Crippen LogP contribution in [0.15, 0.2) is 23.0 Å². The molecule has 0 radical (unpaired) electrons. The first-order valence-electron chi connectivity index (χ1n) is 11.0. The van der Waals surface area contributed by atoms with Gasteiger partial charge in [0.2, 0.25) is 0 Å². The van der Waals surface area contributed by atoms with Crippen LogP contribution < -0.4 is 5.56 Å². The second kappa shape index (κ2) is 8.35. The van der Waals surface area contributed by atoms with Crippen LogP contribution in [0.1, 0.15) is 29.5 Å². The molecule has 0 spiro atoms. The van der Waals surface area contributed by atoms with Crippen LogP contribution >= 0.6 is 0 Å². The van der Waals surface area contributed by atoms with Crippen LogP contribution in [0.4, 0.5) is 0 Å². The number of piperazine rings is 1. The minimum absolute atomic E-state index is 0.0791. The van der Waals surface area contributed by atoms with Gasteiger partial charge in [-0.25, -0.2) is 9.36 Å². The van der Waals surface area contributed by atoms with Crippen molar-refractivity contribution in [3.63, 3.8) is 0 Å². The predicted molar refractivity (Wildman–Crippen MR) is 115 cm³/mol. The fraction of sp³-hybridized carbons (Fsp3) is 0.571. The molecule has 5 rings (SSSR count). The lowest BCUT2D eigenvalue weighted by Crippen LogP contribution is -2.47. The Morgan fingerprint density at radius 3 is 2.52 bits per heavy atom. The van der Waals surface area contributed by atoms with Crippen molar-refractivity contribution in [3.05, 3.63) is 51.6 Å². The van der Waals surface area contributed by atoms with Crippen LogP contribution in [0.25, 0.3) is 5.82 Å². The molecule has 0 saturated carbocycles. The van der Waals surface area contributed by atoms with Crippen molar-refractivity contribution in [1.82, 2.24) is 44.1 Å². The minimum Gasteiger partial charge on any atom is -0.314 e. The lowest BCUT2D eigenvalue weighted by molar-refractivity contribution is 0.119. The van der Waals surface area contributed by atoms with E-state index in [1.54, 1.807) is 21.5 Å². The Morgan fingerprint density at radius 1 is 0.935 bits per heavy atom. The van der Waals surface area contributed by atoms with Gasteiger partial charge in [0.15, 0.2) is 5.82 Å². The quantitative estimate of drug-likeness (QED) is 0.567. The first-order chi connectivity index (χ1) is 15.1. The molecule has 2 aliphatic rings. The fourth-order valence-electron chi connectivity index (χ4n) is 4.51. The first kappa shape index (κ1) is 20.1. The highest BCUT2D eigenvalue weighted by atomic mass is 16.1. The predicted octanol–water partition coefficient (Wildman–Crippen LogP) is 0.401. The van der Waals surface area contributed by atoms with E-state index in [1.807, 2.05) is 19.9 Å². The molecule has 0 unspecified atom stereocenters. The summed E-state index contributed by atoms with van der Waals surface area (Å²) in [6, 6.07) is 5.32. The highest BCUT2D eigenvalue weighted by Crippen LogP contribution is 2.16. The Kier molecular flexibility index (Phi) is 5.41. The molecule has 31 heavy (non-hydrogen) atoms. The molecule has 1 fully saturated rings. The number of hydrogen-bond donors (Lipinski definition) is 0. The van der Waals surface area contributed by atoms with Gasteiger partial charge in [-0.2, -0.15) is 5.10 Å². The minimum atomic E-state index is -0.0791. The molecule has 1 saturated heterocycles. The third-order valence-corrected chi connectivity index (χ3v) is 6.22. The number of rotatable bonds is 6. The summed E-state index contributed by atoms with van der Waals surface area (Å²) < 4.78 is 5.61. The van der Waals surface area contributed by atoms with Crippen molar-refractivity contribution in [2.45, 2.75) is 46.3 Å². The van der Waals surface area contributed by atoms with Crippen molar-refractivity contribution >= 4 is 0 Å². The van der Waals surface area contributed by atoms with Gasteiger partial charge < -0.3 is 4.57 Å². The molecule has 0 amide bonds. The molecule has 2 aliphatic heterocycles. The van der Waals surface area contributed by atoms with E-state index < -0.39 is 0 Å². The zero-order chi connectivity index (χ0) is 21.4. The third kappa shape index (κ3) is 4.17. The van der Waals surface area contributed by atoms with E-state index in [2.05, 4.69) is 34.8 Å². The van der Waals surface area contributed by atoms with E-state index in [0.29, 0.717) is 12.4 Å². The summed E-state index contributed by atoms with van der Waals surface area (Å²) in [6.07, 6.45) is 2.23. The van der Waals surface area contributed by atoms with Crippen LogP contribution in [-0.4, -0.2) is 76.8 Å². The Labute approximate surface area is 181 Å². The zero-order valence-corrected chi connectivity index (χ0v) is 18.2.